The van der Waals surface area contributed by atoms with Crippen LogP contribution >= 0.6 is 0 Å². The molecule has 1 aromatic carbocycles. The van der Waals surface area contributed by atoms with Gasteiger partial charge in [0, 0.05) is 13.1 Å². The van der Waals surface area contributed by atoms with Crippen LogP contribution in [-0.4, -0.2) is 29.0 Å². The van der Waals surface area contributed by atoms with Crippen molar-refractivity contribution in [1.29, 1.82) is 0 Å². The first kappa shape index (κ1) is 15.5. The van der Waals surface area contributed by atoms with Gasteiger partial charge in [-0.15, -0.1) is 0 Å². The maximum atomic E-state index is 12.5. The average molecular weight is 310 g/mol. The zero-order chi connectivity index (χ0) is 16.1. The summed E-state index contributed by atoms with van der Waals surface area (Å²) in [6, 6.07) is 9.85. The molecule has 3 rings (SSSR count). The molecule has 120 valence electrons. The lowest BCUT2D eigenvalue weighted by Gasteiger charge is -2.17. The number of hydrogen-bond donors (Lipinski definition) is 1. The van der Waals surface area contributed by atoms with E-state index in [-0.39, 0.29) is 11.8 Å². The minimum absolute atomic E-state index is 0.0174. The SMILES string of the molecule is CCC(C(=O)Nc1cnc(N2CCCC2)nc1)c1ccccc1. The van der Waals surface area contributed by atoms with E-state index in [2.05, 4.69) is 20.2 Å². The van der Waals surface area contributed by atoms with Gasteiger partial charge in [-0.25, -0.2) is 9.97 Å². The van der Waals surface area contributed by atoms with Gasteiger partial charge >= 0.3 is 0 Å². The maximum Gasteiger partial charge on any atom is 0.231 e. The predicted octanol–water partition coefficient (Wildman–Crippen LogP) is 3.21. The Morgan fingerprint density at radius 1 is 1.17 bits per heavy atom. The van der Waals surface area contributed by atoms with Crippen LogP contribution in [0.2, 0.25) is 0 Å². The molecule has 5 heteroatoms. The Balaban J connectivity index is 1.67. The van der Waals surface area contributed by atoms with Gasteiger partial charge in [-0.3, -0.25) is 4.79 Å². The Bertz CT molecular complexity index is 636. The molecule has 1 aliphatic rings. The molecule has 1 aliphatic heterocycles. The molecule has 2 heterocycles. The first-order valence-electron chi connectivity index (χ1n) is 8.20. The second kappa shape index (κ2) is 7.22. The van der Waals surface area contributed by atoms with Crippen molar-refractivity contribution in [3.63, 3.8) is 0 Å². The molecule has 1 unspecified atom stereocenters. The van der Waals surface area contributed by atoms with Gasteiger partial charge in [-0.05, 0) is 24.8 Å². The topological polar surface area (TPSA) is 58.1 Å². The second-order valence-electron chi connectivity index (χ2n) is 5.83. The molecule has 0 aliphatic carbocycles. The lowest BCUT2D eigenvalue weighted by molar-refractivity contribution is -0.117. The number of rotatable bonds is 5. The number of carbonyl (C=O) groups is 1. The number of anilines is 2. The Morgan fingerprint density at radius 2 is 1.83 bits per heavy atom. The number of benzene rings is 1. The lowest BCUT2D eigenvalue weighted by Crippen LogP contribution is -2.22. The zero-order valence-corrected chi connectivity index (χ0v) is 13.4. The molecule has 1 atom stereocenters. The third-order valence-corrected chi connectivity index (χ3v) is 4.22. The van der Waals surface area contributed by atoms with E-state index >= 15 is 0 Å². The molecule has 1 N–H and O–H groups in total. The van der Waals surface area contributed by atoms with E-state index in [1.807, 2.05) is 37.3 Å². The molecular formula is C18H22N4O. The quantitative estimate of drug-likeness (QED) is 0.921. The van der Waals surface area contributed by atoms with Crippen LogP contribution in [0.25, 0.3) is 0 Å². The molecule has 23 heavy (non-hydrogen) atoms. The van der Waals surface area contributed by atoms with Gasteiger partial charge in [0.1, 0.15) is 0 Å². The smallest absolute Gasteiger partial charge is 0.231 e. The fourth-order valence-electron chi connectivity index (χ4n) is 2.95. The van der Waals surface area contributed by atoms with Crippen molar-refractivity contribution in [3.05, 3.63) is 48.3 Å². The molecule has 1 saturated heterocycles. The third kappa shape index (κ3) is 3.67. The van der Waals surface area contributed by atoms with E-state index in [1.54, 1.807) is 12.4 Å². The van der Waals surface area contributed by atoms with Gasteiger partial charge in [0.05, 0.1) is 24.0 Å². The highest BCUT2D eigenvalue weighted by Gasteiger charge is 2.19. The summed E-state index contributed by atoms with van der Waals surface area (Å²) in [5.74, 6) is 0.571. The molecule has 5 nitrogen and oxygen atoms in total. The Hall–Kier alpha value is -2.43. The minimum Gasteiger partial charge on any atom is -0.341 e. The zero-order valence-electron chi connectivity index (χ0n) is 13.4. The summed E-state index contributed by atoms with van der Waals surface area (Å²) < 4.78 is 0. The predicted molar refractivity (Wildman–Crippen MR) is 91.6 cm³/mol. The number of hydrogen-bond acceptors (Lipinski definition) is 4. The summed E-state index contributed by atoms with van der Waals surface area (Å²) in [5, 5.41) is 2.93. The molecule has 1 amide bonds. The summed E-state index contributed by atoms with van der Waals surface area (Å²) in [7, 11) is 0. The van der Waals surface area contributed by atoms with Crippen molar-refractivity contribution in [2.24, 2.45) is 0 Å². The molecule has 1 fully saturated rings. The van der Waals surface area contributed by atoms with Crippen LogP contribution < -0.4 is 10.2 Å². The van der Waals surface area contributed by atoms with Crippen molar-refractivity contribution < 1.29 is 4.79 Å². The molecule has 0 bridgehead atoms. The van der Waals surface area contributed by atoms with Crippen LogP contribution in [0.1, 0.15) is 37.7 Å². The molecule has 1 aromatic heterocycles. The fraction of sp³-hybridized carbons (Fsp3) is 0.389. The molecule has 0 radical (unpaired) electrons. The van der Waals surface area contributed by atoms with Crippen molar-refractivity contribution in [3.8, 4) is 0 Å². The summed E-state index contributed by atoms with van der Waals surface area (Å²) in [4.78, 5) is 23.4. The number of nitrogens with one attached hydrogen (secondary N) is 1. The maximum absolute atomic E-state index is 12.5. The van der Waals surface area contributed by atoms with Crippen LogP contribution in [-0.2, 0) is 4.79 Å². The van der Waals surface area contributed by atoms with Gasteiger partial charge in [0.25, 0.3) is 0 Å². The fourth-order valence-corrected chi connectivity index (χ4v) is 2.95. The first-order chi connectivity index (χ1) is 11.3. The normalized spacial score (nSPS) is 15.4. The van der Waals surface area contributed by atoms with Crippen LogP contribution in [0, 0.1) is 0 Å². The van der Waals surface area contributed by atoms with Gasteiger partial charge in [-0.2, -0.15) is 0 Å². The highest BCUT2D eigenvalue weighted by molar-refractivity contribution is 5.95. The van der Waals surface area contributed by atoms with Gasteiger partial charge in [0.15, 0.2) is 0 Å². The molecule has 0 spiro atoms. The summed E-state index contributed by atoms with van der Waals surface area (Å²) >= 11 is 0. The standard InChI is InChI=1S/C18H22N4O/c1-2-16(14-8-4-3-5-9-14)17(23)21-15-12-19-18(20-13-15)22-10-6-7-11-22/h3-5,8-9,12-13,16H,2,6-7,10-11H2,1H3,(H,21,23). The second-order valence-corrected chi connectivity index (χ2v) is 5.83. The van der Waals surface area contributed by atoms with Crippen LogP contribution in [0.5, 0.6) is 0 Å². The number of aromatic nitrogens is 2. The number of carbonyl (C=O) groups excluding carboxylic acids is 1. The summed E-state index contributed by atoms with van der Waals surface area (Å²) in [6.07, 6.45) is 6.52. The number of nitrogens with zero attached hydrogens (tertiary/aromatic N) is 3. The van der Waals surface area contributed by atoms with E-state index in [4.69, 9.17) is 0 Å². The van der Waals surface area contributed by atoms with Crippen LogP contribution in [0.4, 0.5) is 11.6 Å². The van der Waals surface area contributed by atoms with Crippen LogP contribution in [0.3, 0.4) is 0 Å². The van der Waals surface area contributed by atoms with E-state index in [0.29, 0.717) is 5.69 Å². The van der Waals surface area contributed by atoms with E-state index in [0.717, 1.165) is 31.0 Å². The van der Waals surface area contributed by atoms with Crippen molar-refractivity contribution in [1.82, 2.24) is 9.97 Å². The largest absolute Gasteiger partial charge is 0.341 e. The Morgan fingerprint density at radius 3 is 2.43 bits per heavy atom. The Labute approximate surface area is 136 Å². The minimum atomic E-state index is -0.158. The van der Waals surface area contributed by atoms with E-state index in [9.17, 15) is 4.79 Å². The highest BCUT2D eigenvalue weighted by atomic mass is 16.1. The highest BCUT2D eigenvalue weighted by Crippen LogP contribution is 2.22. The van der Waals surface area contributed by atoms with E-state index in [1.165, 1.54) is 12.8 Å². The lowest BCUT2D eigenvalue weighted by atomic mass is 9.95. The summed E-state index contributed by atoms with van der Waals surface area (Å²) in [6.45, 7) is 4.04. The van der Waals surface area contributed by atoms with Gasteiger partial charge < -0.3 is 10.2 Å². The monoisotopic (exact) mass is 310 g/mol. The first-order valence-corrected chi connectivity index (χ1v) is 8.20. The van der Waals surface area contributed by atoms with Gasteiger partial charge in [-0.1, -0.05) is 37.3 Å². The molecular weight excluding hydrogens is 288 g/mol. The molecule has 2 aromatic rings. The van der Waals surface area contributed by atoms with Gasteiger partial charge in [0.2, 0.25) is 11.9 Å². The number of amides is 1. The van der Waals surface area contributed by atoms with Crippen molar-refractivity contribution >= 4 is 17.5 Å². The average Bonchev–Trinajstić information content (AvgIpc) is 3.12. The molecule has 0 saturated carbocycles. The van der Waals surface area contributed by atoms with E-state index < -0.39 is 0 Å². The van der Waals surface area contributed by atoms with Crippen molar-refractivity contribution in [2.45, 2.75) is 32.1 Å². The van der Waals surface area contributed by atoms with Crippen molar-refractivity contribution in [2.75, 3.05) is 23.3 Å². The third-order valence-electron chi connectivity index (χ3n) is 4.22. The summed E-state index contributed by atoms with van der Waals surface area (Å²) in [5.41, 5.74) is 1.68. The van der Waals surface area contributed by atoms with Crippen LogP contribution in [0.15, 0.2) is 42.7 Å². The Kier molecular flexibility index (Phi) is 4.86.